The first-order valence-electron chi connectivity index (χ1n) is 11.9. The van der Waals surface area contributed by atoms with Crippen LogP contribution < -0.4 is 0 Å². The van der Waals surface area contributed by atoms with E-state index in [0.717, 1.165) is 19.3 Å². The van der Waals surface area contributed by atoms with E-state index in [1.54, 1.807) is 0 Å². The lowest BCUT2D eigenvalue weighted by Gasteiger charge is -2.66. The summed E-state index contributed by atoms with van der Waals surface area (Å²) < 4.78 is 25.2. The summed E-state index contributed by atoms with van der Waals surface area (Å²) in [5.74, 6) is -0.573. The summed E-state index contributed by atoms with van der Waals surface area (Å²) in [5, 5.41) is 0. The van der Waals surface area contributed by atoms with Crippen molar-refractivity contribution < 1.29 is 23.4 Å². The predicted octanol–water partition coefficient (Wildman–Crippen LogP) is 4.96. The molecule has 6 aliphatic rings. The highest BCUT2D eigenvalue weighted by molar-refractivity contribution is 6.77. The Morgan fingerprint density at radius 2 is 1.67 bits per heavy atom. The number of hydrogen-bond donors (Lipinski definition) is 0. The van der Waals surface area contributed by atoms with E-state index in [9.17, 15) is 4.79 Å². The Hall–Kier alpha value is -0.693. The quantitative estimate of drug-likeness (QED) is 0.336. The second-order valence-electron chi connectivity index (χ2n) is 11.4. The monoisotopic (exact) mass is 434 g/mol. The number of carbonyl (C=O) groups is 1. The number of ether oxygens (including phenoxy) is 3. The van der Waals surface area contributed by atoms with Crippen molar-refractivity contribution in [1.29, 1.82) is 0 Å². The van der Waals surface area contributed by atoms with Gasteiger partial charge >= 0.3 is 5.97 Å². The summed E-state index contributed by atoms with van der Waals surface area (Å²) in [5.41, 5.74) is 1.63. The molecule has 0 unspecified atom stereocenters. The first-order valence-corrected chi connectivity index (χ1v) is 14.0. The minimum Gasteiger partial charge on any atom is -0.461 e. The highest BCUT2D eigenvalue weighted by Gasteiger charge is 2.93. The second-order valence-corrected chi connectivity index (χ2v) is 16.9. The minimum atomic E-state index is -2.03. The summed E-state index contributed by atoms with van der Waals surface area (Å²) in [7, 11) is -2.03. The van der Waals surface area contributed by atoms with E-state index in [1.165, 1.54) is 5.57 Å². The lowest BCUT2D eigenvalue weighted by Crippen LogP contribution is -2.70. The Kier molecular flexibility index (Phi) is 4.38. The molecule has 2 heterocycles. The zero-order valence-corrected chi connectivity index (χ0v) is 20.5. The van der Waals surface area contributed by atoms with Crippen LogP contribution in [-0.2, 0) is 23.4 Å². The minimum absolute atomic E-state index is 0.0199. The average Bonchev–Trinajstić information content (AvgIpc) is 3.34. The van der Waals surface area contributed by atoms with Crippen LogP contribution in [0.4, 0.5) is 0 Å². The maximum absolute atomic E-state index is 13.3. The van der Waals surface area contributed by atoms with Gasteiger partial charge in [-0.2, -0.15) is 0 Å². The fourth-order valence-corrected chi connectivity index (χ4v) is 14.4. The summed E-state index contributed by atoms with van der Waals surface area (Å²) >= 11 is 0. The van der Waals surface area contributed by atoms with E-state index in [0.29, 0.717) is 42.9 Å². The van der Waals surface area contributed by atoms with Crippen molar-refractivity contribution in [1.82, 2.24) is 0 Å². The van der Waals surface area contributed by atoms with Gasteiger partial charge in [0.2, 0.25) is 0 Å². The van der Waals surface area contributed by atoms with Crippen LogP contribution in [0.5, 0.6) is 0 Å². The molecule has 2 saturated heterocycles. The van der Waals surface area contributed by atoms with Crippen LogP contribution in [0.3, 0.4) is 0 Å². The molecule has 2 aliphatic heterocycles. The molecule has 6 rings (SSSR count). The Bertz CT molecular complexity index is 763. The standard InChI is InChI=1S/C24H38O5Si/c1-15(2)30(16(3)4,17(5)6)28-14-21-12-19-23(18(21)7)13-22(26-10-11-27-22)8-9-24(21,23)20(25)29-19/h15-17,19H,7-14H2,1-6H3/t19-,21+,23+,24-/m0/s1. The molecule has 6 heteroatoms. The van der Waals surface area contributed by atoms with E-state index in [1.807, 2.05) is 0 Å². The summed E-state index contributed by atoms with van der Waals surface area (Å²) in [6, 6.07) is 0. The highest BCUT2D eigenvalue weighted by Crippen LogP contribution is 2.89. The van der Waals surface area contributed by atoms with Crippen molar-refractivity contribution in [2.24, 2.45) is 16.2 Å². The Morgan fingerprint density at radius 1 is 1.07 bits per heavy atom. The molecule has 0 radical (unpaired) electrons. The van der Waals surface area contributed by atoms with Crippen LogP contribution in [0.2, 0.25) is 16.6 Å². The maximum Gasteiger partial charge on any atom is 0.314 e. The molecule has 0 aromatic heterocycles. The Morgan fingerprint density at radius 3 is 2.23 bits per heavy atom. The van der Waals surface area contributed by atoms with Gasteiger partial charge in [0, 0.05) is 24.9 Å². The smallest absolute Gasteiger partial charge is 0.314 e. The molecule has 2 spiro atoms. The molecule has 4 saturated carbocycles. The van der Waals surface area contributed by atoms with Crippen LogP contribution in [0.25, 0.3) is 0 Å². The molecule has 4 atom stereocenters. The molecule has 6 fully saturated rings. The fraction of sp³-hybridized carbons (Fsp3) is 0.875. The summed E-state index contributed by atoms with van der Waals surface area (Å²) in [6.07, 6.45) is 2.97. The summed E-state index contributed by atoms with van der Waals surface area (Å²) in [6.45, 7) is 20.4. The third kappa shape index (κ3) is 2.00. The van der Waals surface area contributed by atoms with Crippen LogP contribution in [0, 0.1) is 16.2 Å². The van der Waals surface area contributed by atoms with Crippen LogP contribution in [0.15, 0.2) is 12.2 Å². The van der Waals surface area contributed by atoms with Gasteiger partial charge in [0.1, 0.15) is 6.10 Å². The lowest BCUT2D eigenvalue weighted by molar-refractivity contribution is -0.246. The van der Waals surface area contributed by atoms with E-state index >= 15 is 0 Å². The Labute approximate surface area is 182 Å². The molecule has 168 valence electrons. The van der Waals surface area contributed by atoms with Gasteiger partial charge < -0.3 is 18.6 Å². The molecule has 0 aromatic carbocycles. The molecule has 30 heavy (non-hydrogen) atoms. The van der Waals surface area contributed by atoms with E-state index < -0.39 is 19.5 Å². The normalized spacial score (nSPS) is 41.2. The third-order valence-electron chi connectivity index (χ3n) is 9.89. The summed E-state index contributed by atoms with van der Waals surface area (Å²) in [4.78, 5) is 13.3. The van der Waals surface area contributed by atoms with E-state index in [4.69, 9.17) is 18.6 Å². The molecule has 0 amide bonds. The zero-order valence-electron chi connectivity index (χ0n) is 19.5. The fourth-order valence-electron chi connectivity index (χ4n) is 8.90. The molecular weight excluding hydrogens is 396 g/mol. The van der Waals surface area contributed by atoms with Gasteiger partial charge in [-0.3, -0.25) is 4.79 Å². The maximum atomic E-state index is 13.3. The van der Waals surface area contributed by atoms with E-state index in [-0.39, 0.29) is 22.9 Å². The Balaban J connectivity index is 1.50. The topological polar surface area (TPSA) is 54.0 Å². The van der Waals surface area contributed by atoms with Crippen LogP contribution >= 0.6 is 0 Å². The van der Waals surface area contributed by atoms with Gasteiger partial charge in [0.15, 0.2) is 14.1 Å². The SMILES string of the molecule is C=C1[C@]2(CO[Si](C(C)C)(C(C)C)C(C)C)C[C@@H]3OC(=O)[C@@]24CCC2(C[C@@]134)OCCO2. The molecule has 0 aromatic rings. The van der Waals surface area contributed by atoms with Gasteiger partial charge in [-0.1, -0.05) is 53.7 Å². The molecule has 5 nitrogen and oxygen atoms in total. The van der Waals surface area contributed by atoms with Crippen molar-refractivity contribution in [2.45, 2.75) is 95.7 Å². The van der Waals surface area contributed by atoms with Crippen molar-refractivity contribution in [3.05, 3.63) is 12.2 Å². The van der Waals surface area contributed by atoms with Crippen LogP contribution in [0.1, 0.15) is 67.2 Å². The van der Waals surface area contributed by atoms with Gasteiger partial charge in [-0.05, 0) is 29.5 Å². The van der Waals surface area contributed by atoms with Gasteiger partial charge in [0.05, 0.1) is 24.0 Å². The molecule has 4 aliphatic carbocycles. The van der Waals surface area contributed by atoms with Crippen molar-refractivity contribution in [2.75, 3.05) is 19.8 Å². The van der Waals surface area contributed by atoms with Crippen LogP contribution in [-0.4, -0.2) is 46.0 Å². The average molecular weight is 435 g/mol. The largest absolute Gasteiger partial charge is 0.461 e. The zero-order chi connectivity index (χ0) is 21.7. The molecular formula is C24H38O5Si. The van der Waals surface area contributed by atoms with Crippen molar-refractivity contribution in [3.8, 4) is 0 Å². The number of esters is 1. The number of carbonyl (C=O) groups excluding carboxylic acids is 1. The third-order valence-corrected chi connectivity index (χ3v) is 16.0. The van der Waals surface area contributed by atoms with Crippen molar-refractivity contribution in [3.63, 3.8) is 0 Å². The molecule has 0 N–H and O–H groups in total. The number of hydrogen-bond acceptors (Lipinski definition) is 5. The van der Waals surface area contributed by atoms with Gasteiger partial charge in [-0.25, -0.2) is 0 Å². The first-order chi connectivity index (χ1) is 14.0. The van der Waals surface area contributed by atoms with Gasteiger partial charge in [-0.15, -0.1) is 0 Å². The molecule has 4 bridgehead atoms. The lowest BCUT2D eigenvalue weighted by atomic mass is 9.35. The van der Waals surface area contributed by atoms with Crippen molar-refractivity contribution >= 4 is 14.3 Å². The first kappa shape index (κ1) is 21.2. The van der Waals surface area contributed by atoms with Gasteiger partial charge in [0.25, 0.3) is 0 Å². The second kappa shape index (κ2) is 6.21. The highest BCUT2D eigenvalue weighted by atomic mass is 28.4. The van der Waals surface area contributed by atoms with E-state index in [2.05, 4.69) is 48.1 Å². The predicted molar refractivity (Wildman–Crippen MR) is 116 cm³/mol. The number of rotatable bonds is 6.